The molecule has 0 saturated heterocycles. The van der Waals surface area contributed by atoms with Crippen LogP contribution < -0.4 is 10.5 Å². The maximum atomic E-state index is 11.7. The summed E-state index contributed by atoms with van der Waals surface area (Å²) in [5.74, 6) is -2.71. The van der Waals surface area contributed by atoms with Gasteiger partial charge in [-0.3, -0.25) is 0 Å². The van der Waals surface area contributed by atoms with E-state index in [4.69, 9.17) is 10.8 Å². The van der Waals surface area contributed by atoms with Gasteiger partial charge < -0.3 is 15.6 Å². The minimum Gasteiger partial charge on any atom is -0.478 e. The number of alkyl halides is 3. The Morgan fingerprint density at radius 1 is 1.47 bits per heavy atom. The fourth-order valence-corrected chi connectivity index (χ4v) is 0.812. The third-order valence-electron chi connectivity index (χ3n) is 1.35. The normalized spacial score (nSPS) is 11.1. The SMILES string of the molecule is Nc1nc(OC(F)(F)F)ccc1C(=O)O. The summed E-state index contributed by atoms with van der Waals surface area (Å²) in [6, 6.07) is 1.65. The molecule has 0 aliphatic heterocycles. The zero-order chi connectivity index (χ0) is 11.6. The number of aromatic carboxylic acids is 1. The van der Waals surface area contributed by atoms with Gasteiger partial charge in [0, 0.05) is 6.07 Å². The van der Waals surface area contributed by atoms with Crippen LogP contribution in [-0.2, 0) is 0 Å². The van der Waals surface area contributed by atoms with Gasteiger partial charge in [-0.15, -0.1) is 13.2 Å². The molecule has 0 aliphatic carbocycles. The molecule has 3 N–H and O–H groups in total. The van der Waals surface area contributed by atoms with Crippen molar-refractivity contribution in [3.05, 3.63) is 17.7 Å². The first kappa shape index (κ1) is 11.1. The summed E-state index contributed by atoms with van der Waals surface area (Å²) in [4.78, 5) is 13.6. The lowest BCUT2D eigenvalue weighted by Gasteiger charge is -2.08. The summed E-state index contributed by atoms with van der Waals surface area (Å²) in [6.07, 6.45) is -4.88. The van der Waals surface area contributed by atoms with Gasteiger partial charge in [0.05, 0.1) is 0 Å². The smallest absolute Gasteiger partial charge is 0.478 e. The van der Waals surface area contributed by atoms with E-state index in [9.17, 15) is 18.0 Å². The van der Waals surface area contributed by atoms with Gasteiger partial charge in [0.1, 0.15) is 11.4 Å². The predicted octanol–water partition coefficient (Wildman–Crippen LogP) is 1.26. The highest BCUT2D eigenvalue weighted by Crippen LogP contribution is 2.22. The third-order valence-corrected chi connectivity index (χ3v) is 1.35. The number of carbonyl (C=O) groups is 1. The summed E-state index contributed by atoms with van der Waals surface area (Å²) < 4.78 is 38.6. The van der Waals surface area contributed by atoms with E-state index < -0.39 is 24.0 Å². The average Bonchev–Trinajstić information content (AvgIpc) is 1.99. The molecule has 0 unspecified atom stereocenters. The minimum absolute atomic E-state index is 0.385. The number of nitrogens with zero attached hydrogens (tertiary/aromatic N) is 1. The van der Waals surface area contributed by atoms with Gasteiger partial charge in [-0.2, -0.15) is 4.98 Å². The number of carboxylic acid groups (broad SMARTS) is 1. The lowest BCUT2D eigenvalue weighted by molar-refractivity contribution is -0.276. The Labute approximate surface area is 81.3 Å². The van der Waals surface area contributed by atoms with Crippen LogP contribution in [0.1, 0.15) is 10.4 Å². The van der Waals surface area contributed by atoms with E-state index >= 15 is 0 Å². The highest BCUT2D eigenvalue weighted by atomic mass is 19.4. The zero-order valence-electron chi connectivity index (χ0n) is 7.08. The number of aromatic nitrogens is 1. The van der Waals surface area contributed by atoms with Gasteiger partial charge in [0.2, 0.25) is 5.88 Å². The van der Waals surface area contributed by atoms with Crippen molar-refractivity contribution in [2.75, 3.05) is 5.73 Å². The lowest BCUT2D eigenvalue weighted by Crippen LogP contribution is -2.18. The maximum Gasteiger partial charge on any atom is 0.574 e. The molecule has 5 nitrogen and oxygen atoms in total. The van der Waals surface area contributed by atoms with Crippen molar-refractivity contribution in [3.63, 3.8) is 0 Å². The Morgan fingerprint density at radius 3 is 2.47 bits per heavy atom. The summed E-state index contributed by atoms with van der Waals surface area (Å²) in [7, 11) is 0. The highest BCUT2D eigenvalue weighted by molar-refractivity contribution is 5.92. The summed E-state index contributed by atoms with van der Waals surface area (Å²) >= 11 is 0. The molecule has 1 aromatic heterocycles. The number of pyridine rings is 1. The molecular weight excluding hydrogens is 217 g/mol. The van der Waals surface area contributed by atoms with Gasteiger partial charge in [-0.05, 0) is 6.07 Å². The number of anilines is 1. The van der Waals surface area contributed by atoms with Gasteiger partial charge in [0.15, 0.2) is 0 Å². The van der Waals surface area contributed by atoms with Crippen LogP contribution in [0.2, 0.25) is 0 Å². The van der Waals surface area contributed by atoms with Crippen molar-refractivity contribution in [1.82, 2.24) is 4.98 Å². The first-order valence-corrected chi connectivity index (χ1v) is 3.55. The van der Waals surface area contributed by atoms with Crippen LogP contribution in [0, 0.1) is 0 Å². The Hall–Kier alpha value is -1.99. The van der Waals surface area contributed by atoms with Crippen molar-refractivity contribution >= 4 is 11.8 Å². The van der Waals surface area contributed by atoms with E-state index in [0.717, 1.165) is 12.1 Å². The molecule has 0 aliphatic rings. The number of nitrogen functional groups attached to an aromatic ring is 1. The molecule has 1 aromatic rings. The van der Waals surface area contributed by atoms with Crippen LogP contribution in [0.5, 0.6) is 5.88 Å². The lowest BCUT2D eigenvalue weighted by atomic mass is 10.2. The Morgan fingerprint density at radius 2 is 2.07 bits per heavy atom. The van der Waals surface area contributed by atoms with Crippen molar-refractivity contribution in [2.24, 2.45) is 0 Å². The molecule has 8 heteroatoms. The molecule has 0 aromatic carbocycles. The number of carboxylic acids is 1. The number of halogens is 3. The molecule has 1 rings (SSSR count). The Bertz CT molecular complexity index is 392. The number of ether oxygens (including phenoxy) is 1. The second kappa shape index (κ2) is 3.64. The number of nitrogens with two attached hydrogens (primary N) is 1. The Balaban J connectivity index is 2.97. The van der Waals surface area contributed by atoms with E-state index in [1.165, 1.54) is 0 Å². The highest BCUT2D eigenvalue weighted by Gasteiger charge is 2.32. The largest absolute Gasteiger partial charge is 0.574 e. The van der Waals surface area contributed by atoms with Crippen molar-refractivity contribution in [2.45, 2.75) is 6.36 Å². The quantitative estimate of drug-likeness (QED) is 0.786. The molecule has 0 saturated carbocycles. The summed E-state index contributed by atoms with van der Waals surface area (Å²) in [5, 5.41) is 8.51. The van der Waals surface area contributed by atoms with E-state index in [2.05, 4.69) is 9.72 Å². The van der Waals surface area contributed by atoms with Crippen molar-refractivity contribution in [3.8, 4) is 5.88 Å². The molecule has 82 valence electrons. The van der Waals surface area contributed by atoms with E-state index in [1.807, 2.05) is 0 Å². The topological polar surface area (TPSA) is 85.4 Å². The maximum absolute atomic E-state index is 11.7. The fourth-order valence-electron chi connectivity index (χ4n) is 0.812. The molecule has 0 spiro atoms. The molecule has 15 heavy (non-hydrogen) atoms. The van der Waals surface area contributed by atoms with Gasteiger partial charge in [-0.1, -0.05) is 0 Å². The Kier molecular flexibility index (Phi) is 2.69. The van der Waals surface area contributed by atoms with Crippen LogP contribution in [0.15, 0.2) is 12.1 Å². The summed E-state index contributed by atoms with van der Waals surface area (Å²) in [6.45, 7) is 0. The third kappa shape index (κ3) is 3.01. The number of hydrogen-bond acceptors (Lipinski definition) is 4. The molecule has 0 amide bonds. The first-order valence-electron chi connectivity index (χ1n) is 3.55. The molecule has 1 heterocycles. The van der Waals surface area contributed by atoms with Crippen LogP contribution in [0.4, 0.5) is 19.0 Å². The standard InChI is InChI=1S/C7H5F3N2O3/c8-7(9,10)15-4-2-1-3(6(13)14)5(11)12-4/h1-2H,(H2,11,12)(H,13,14). The van der Waals surface area contributed by atoms with Gasteiger partial charge >= 0.3 is 12.3 Å². The fraction of sp³-hybridized carbons (Fsp3) is 0.143. The van der Waals surface area contributed by atoms with E-state index in [-0.39, 0.29) is 5.56 Å². The predicted molar refractivity (Wildman–Crippen MR) is 42.3 cm³/mol. The summed E-state index contributed by atoms with van der Waals surface area (Å²) in [5.41, 5.74) is 4.72. The second-order valence-electron chi connectivity index (χ2n) is 2.44. The number of hydrogen-bond donors (Lipinski definition) is 2. The van der Waals surface area contributed by atoms with E-state index in [0.29, 0.717) is 0 Å². The van der Waals surface area contributed by atoms with Crippen LogP contribution in [-0.4, -0.2) is 22.4 Å². The van der Waals surface area contributed by atoms with E-state index in [1.54, 1.807) is 0 Å². The van der Waals surface area contributed by atoms with Crippen LogP contribution in [0.25, 0.3) is 0 Å². The van der Waals surface area contributed by atoms with Gasteiger partial charge in [0.25, 0.3) is 0 Å². The average molecular weight is 222 g/mol. The zero-order valence-corrected chi connectivity index (χ0v) is 7.08. The first-order chi connectivity index (χ1) is 6.79. The van der Waals surface area contributed by atoms with Gasteiger partial charge in [-0.25, -0.2) is 4.79 Å². The monoisotopic (exact) mass is 222 g/mol. The molecule has 0 fully saturated rings. The second-order valence-corrected chi connectivity index (χ2v) is 2.44. The van der Waals surface area contributed by atoms with Crippen molar-refractivity contribution in [1.29, 1.82) is 0 Å². The van der Waals surface area contributed by atoms with Crippen molar-refractivity contribution < 1.29 is 27.8 Å². The molecular formula is C7H5F3N2O3. The van der Waals surface area contributed by atoms with Crippen LogP contribution in [0.3, 0.4) is 0 Å². The molecule has 0 bridgehead atoms. The minimum atomic E-state index is -4.88. The number of rotatable bonds is 2. The molecule has 0 radical (unpaired) electrons. The van der Waals surface area contributed by atoms with Crippen LogP contribution >= 0.6 is 0 Å². The molecule has 0 atom stereocenters.